The molecule has 0 aromatic rings. The number of unbranched alkanes of at least 4 members (excludes halogenated alkanes) is 1. The molecule has 1 fully saturated rings. The van der Waals surface area contributed by atoms with Gasteiger partial charge in [-0.2, -0.15) is 0 Å². The Morgan fingerprint density at radius 3 is 2.86 bits per heavy atom. The highest BCUT2D eigenvalue weighted by molar-refractivity contribution is 8.13. The minimum Gasteiger partial charge on any atom is -0.287 e. The summed E-state index contributed by atoms with van der Waals surface area (Å²) in [4.78, 5) is 11.8. The predicted molar refractivity (Wildman–Crippen MR) is 61.2 cm³/mol. The number of hydrogen-bond acceptors (Lipinski definition) is 2. The smallest absolute Gasteiger partial charge is 0.192 e. The van der Waals surface area contributed by atoms with E-state index in [4.69, 9.17) is 0 Å². The Kier molecular flexibility index (Phi) is 3.32. The number of thioether (sulfide) groups is 1. The van der Waals surface area contributed by atoms with Gasteiger partial charge >= 0.3 is 0 Å². The summed E-state index contributed by atoms with van der Waals surface area (Å²) in [5.74, 6) is 2.68. The Hall–Kier alpha value is -0.240. The molecule has 2 heteroatoms. The lowest BCUT2D eigenvalue weighted by Crippen LogP contribution is -2.16. The predicted octanol–water partition coefficient (Wildman–Crippen LogP) is 3.26. The lowest BCUT2D eigenvalue weighted by Gasteiger charge is -2.15. The van der Waals surface area contributed by atoms with Crippen LogP contribution in [0.15, 0.2) is 12.2 Å². The van der Waals surface area contributed by atoms with Crippen molar-refractivity contribution in [2.24, 2.45) is 17.8 Å². The van der Waals surface area contributed by atoms with E-state index in [2.05, 4.69) is 19.1 Å². The van der Waals surface area contributed by atoms with Gasteiger partial charge in [-0.3, -0.25) is 4.79 Å². The summed E-state index contributed by atoms with van der Waals surface area (Å²) in [6.07, 6.45) is 9.29. The molecule has 2 aliphatic carbocycles. The summed E-state index contributed by atoms with van der Waals surface area (Å²) in [5, 5.41) is 0.454. The van der Waals surface area contributed by atoms with Crippen LogP contribution in [0.1, 0.15) is 32.6 Å². The molecule has 1 saturated carbocycles. The zero-order chi connectivity index (χ0) is 9.97. The quantitative estimate of drug-likeness (QED) is 0.523. The molecule has 78 valence electrons. The van der Waals surface area contributed by atoms with E-state index in [1.807, 2.05) is 0 Å². The molecular weight excluding hydrogens is 192 g/mol. The number of hydrogen-bond donors (Lipinski definition) is 0. The van der Waals surface area contributed by atoms with E-state index >= 15 is 0 Å². The first-order valence-electron chi connectivity index (χ1n) is 5.66. The Bertz CT molecular complexity index is 247. The Balaban J connectivity index is 1.79. The van der Waals surface area contributed by atoms with E-state index in [1.54, 1.807) is 11.8 Å². The molecule has 3 unspecified atom stereocenters. The van der Waals surface area contributed by atoms with Gasteiger partial charge in [0.25, 0.3) is 0 Å². The van der Waals surface area contributed by atoms with Crippen LogP contribution in [0.3, 0.4) is 0 Å². The van der Waals surface area contributed by atoms with E-state index in [9.17, 15) is 4.79 Å². The van der Waals surface area contributed by atoms with Crippen LogP contribution in [0.25, 0.3) is 0 Å². The van der Waals surface area contributed by atoms with E-state index in [-0.39, 0.29) is 0 Å². The fourth-order valence-electron chi connectivity index (χ4n) is 2.48. The van der Waals surface area contributed by atoms with Crippen LogP contribution in [0.4, 0.5) is 0 Å². The van der Waals surface area contributed by atoms with Crippen molar-refractivity contribution in [1.82, 2.24) is 0 Å². The van der Waals surface area contributed by atoms with Gasteiger partial charge in [-0.05, 0) is 31.1 Å². The highest BCUT2D eigenvalue weighted by Gasteiger charge is 2.39. The Morgan fingerprint density at radius 2 is 2.29 bits per heavy atom. The van der Waals surface area contributed by atoms with Gasteiger partial charge in [-0.25, -0.2) is 0 Å². The monoisotopic (exact) mass is 210 g/mol. The minimum absolute atomic E-state index is 0.354. The molecule has 2 rings (SSSR count). The standard InChI is InChI=1S/C12H18OS/c1-2-3-6-14-12(13)11-8-9-4-5-10(11)7-9/h4-5,9-11H,2-3,6-8H2,1H3. The molecule has 0 radical (unpaired) electrons. The molecule has 0 aromatic carbocycles. The van der Waals surface area contributed by atoms with Crippen LogP contribution in [0.5, 0.6) is 0 Å². The van der Waals surface area contributed by atoms with Crippen LogP contribution in [0.2, 0.25) is 0 Å². The zero-order valence-corrected chi connectivity index (χ0v) is 9.56. The Labute approximate surface area is 90.3 Å². The second-order valence-corrected chi connectivity index (χ2v) is 5.51. The second kappa shape index (κ2) is 4.52. The number of fused-ring (bicyclic) bond motifs is 2. The normalized spacial score (nSPS) is 33.9. The van der Waals surface area contributed by atoms with Crippen molar-refractivity contribution in [3.05, 3.63) is 12.2 Å². The van der Waals surface area contributed by atoms with Crippen molar-refractivity contribution in [3.8, 4) is 0 Å². The molecule has 0 spiro atoms. The molecule has 0 aliphatic heterocycles. The van der Waals surface area contributed by atoms with Gasteiger partial charge in [0.2, 0.25) is 0 Å². The maximum atomic E-state index is 11.8. The third kappa shape index (κ3) is 2.05. The van der Waals surface area contributed by atoms with Gasteiger partial charge in [-0.15, -0.1) is 0 Å². The van der Waals surface area contributed by atoms with Crippen molar-refractivity contribution in [2.45, 2.75) is 32.6 Å². The molecule has 0 N–H and O–H groups in total. The molecule has 0 amide bonds. The average Bonchev–Trinajstić information content (AvgIpc) is 2.79. The van der Waals surface area contributed by atoms with Crippen molar-refractivity contribution in [2.75, 3.05) is 5.75 Å². The van der Waals surface area contributed by atoms with Gasteiger partial charge in [0.15, 0.2) is 5.12 Å². The van der Waals surface area contributed by atoms with Crippen molar-refractivity contribution in [3.63, 3.8) is 0 Å². The molecule has 14 heavy (non-hydrogen) atoms. The van der Waals surface area contributed by atoms with Crippen LogP contribution in [0, 0.1) is 17.8 Å². The van der Waals surface area contributed by atoms with E-state index in [0.29, 0.717) is 17.0 Å². The lowest BCUT2D eigenvalue weighted by molar-refractivity contribution is -0.115. The summed E-state index contributed by atoms with van der Waals surface area (Å²) < 4.78 is 0. The maximum absolute atomic E-state index is 11.8. The summed E-state index contributed by atoms with van der Waals surface area (Å²) in [6, 6.07) is 0. The number of carbonyl (C=O) groups is 1. The van der Waals surface area contributed by atoms with Gasteiger partial charge in [0.05, 0.1) is 0 Å². The maximum Gasteiger partial charge on any atom is 0.192 e. The first-order valence-corrected chi connectivity index (χ1v) is 6.64. The van der Waals surface area contributed by atoms with Crippen molar-refractivity contribution >= 4 is 16.9 Å². The average molecular weight is 210 g/mol. The molecule has 1 nitrogen and oxygen atoms in total. The molecule has 0 aromatic heterocycles. The zero-order valence-electron chi connectivity index (χ0n) is 8.74. The summed E-state index contributed by atoms with van der Waals surface area (Å²) >= 11 is 1.57. The third-order valence-electron chi connectivity index (χ3n) is 3.32. The van der Waals surface area contributed by atoms with Crippen LogP contribution >= 0.6 is 11.8 Å². The molecule has 0 heterocycles. The highest BCUT2D eigenvalue weighted by atomic mass is 32.2. The Morgan fingerprint density at radius 1 is 1.43 bits per heavy atom. The lowest BCUT2D eigenvalue weighted by atomic mass is 9.95. The van der Waals surface area contributed by atoms with Crippen LogP contribution in [-0.2, 0) is 4.79 Å². The van der Waals surface area contributed by atoms with Crippen molar-refractivity contribution < 1.29 is 4.79 Å². The summed E-state index contributed by atoms with van der Waals surface area (Å²) in [7, 11) is 0. The molecule has 3 atom stereocenters. The number of carbonyl (C=O) groups excluding carboxylic acids is 1. The first-order chi connectivity index (χ1) is 6.81. The van der Waals surface area contributed by atoms with Crippen LogP contribution in [-0.4, -0.2) is 10.9 Å². The minimum atomic E-state index is 0.354. The molecule has 2 aliphatic rings. The first kappa shape index (κ1) is 10.3. The third-order valence-corrected chi connectivity index (χ3v) is 4.40. The highest BCUT2D eigenvalue weighted by Crippen LogP contribution is 2.45. The number of allylic oxidation sites excluding steroid dienone is 2. The largest absolute Gasteiger partial charge is 0.287 e. The van der Waals surface area contributed by atoms with Crippen molar-refractivity contribution in [1.29, 1.82) is 0 Å². The van der Waals surface area contributed by atoms with Crippen LogP contribution < -0.4 is 0 Å². The topological polar surface area (TPSA) is 17.1 Å². The van der Waals surface area contributed by atoms with E-state index < -0.39 is 0 Å². The SMILES string of the molecule is CCCCSC(=O)C1CC2C=CC1C2. The van der Waals surface area contributed by atoms with Gasteiger partial charge in [-0.1, -0.05) is 37.3 Å². The number of rotatable bonds is 4. The van der Waals surface area contributed by atoms with E-state index in [1.165, 1.54) is 19.3 Å². The van der Waals surface area contributed by atoms with E-state index in [0.717, 1.165) is 18.1 Å². The molecular formula is C12H18OS. The second-order valence-electron chi connectivity index (χ2n) is 4.41. The molecule has 2 bridgehead atoms. The fourth-order valence-corrected chi connectivity index (χ4v) is 3.60. The molecule has 0 saturated heterocycles. The van der Waals surface area contributed by atoms with Gasteiger partial charge in [0.1, 0.15) is 0 Å². The van der Waals surface area contributed by atoms with Gasteiger partial charge in [0, 0.05) is 11.7 Å². The summed E-state index contributed by atoms with van der Waals surface area (Å²) in [5.41, 5.74) is 0. The van der Waals surface area contributed by atoms with Gasteiger partial charge < -0.3 is 0 Å². The fraction of sp³-hybridized carbons (Fsp3) is 0.750. The summed E-state index contributed by atoms with van der Waals surface area (Å²) in [6.45, 7) is 2.17.